The summed E-state index contributed by atoms with van der Waals surface area (Å²) < 4.78 is 11.0. The molecule has 2 aromatic heterocycles. The molecule has 0 aromatic carbocycles. The number of ether oxygens (including phenoxy) is 1. The number of rotatable bonds is 4. The van der Waals surface area contributed by atoms with Crippen LogP contribution in [0.4, 0.5) is 5.00 Å². The van der Waals surface area contributed by atoms with E-state index in [2.05, 4.69) is 25.8 Å². The fourth-order valence-electron chi connectivity index (χ4n) is 2.35. The number of hydrogen-bond acceptors (Lipinski definition) is 7. The van der Waals surface area contributed by atoms with Crippen molar-refractivity contribution in [3.05, 3.63) is 22.4 Å². The Morgan fingerprint density at radius 2 is 2.48 bits per heavy atom. The molecule has 0 aliphatic carbocycles. The summed E-state index contributed by atoms with van der Waals surface area (Å²) in [6.07, 6.45) is 1.92. The highest BCUT2D eigenvalue weighted by Crippen LogP contribution is 2.33. The maximum Gasteiger partial charge on any atom is 0.176 e. The predicted octanol–water partition coefficient (Wildman–Crippen LogP) is 2.35. The first-order valence-corrected chi connectivity index (χ1v) is 7.62. The molecule has 3 rings (SSSR count). The molecule has 9 heteroatoms. The van der Waals surface area contributed by atoms with E-state index in [9.17, 15) is 0 Å². The fraction of sp³-hybridized carbons (Fsp3) is 0.500. The molecule has 110 valence electrons. The van der Waals surface area contributed by atoms with E-state index < -0.39 is 0 Å². The van der Waals surface area contributed by atoms with Crippen LogP contribution in [-0.4, -0.2) is 26.2 Å². The lowest BCUT2D eigenvalue weighted by atomic mass is 10.1. The Morgan fingerprint density at radius 1 is 1.62 bits per heavy atom. The maximum absolute atomic E-state index is 9.13. The highest BCUT2D eigenvalue weighted by atomic mass is 35.5. The minimum absolute atomic E-state index is 0.000438. The summed E-state index contributed by atoms with van der Waals surface area (Å²) in [4.78, 5) is 4.51. The van der Waals surface area contributed by atoms with Crippen LogP contribution in [0.5, 0.6) is 0 Å². The third kappa shape index (κ3) is 2.72. The van der Waals surface area contributed by atoms with Crippen molar-refractivity contribution < 1.29 is 4.74 Å². The molecule has 1 aliphatic rings. The molecule has 0 saturated heterocycles. The monoisotopic (exact) mass is 324 g/mol. The number of halogens is 1. The van der Waals surface area contributed by atoms with Crippen LogP contribution < -0.4 is 5.32 Å². The van der Waals surface area contributed by atoms with Gasteiger partial charge in [-0.3, -0.25) is 0 Å². The van der Waals surface area contributed by atoms with Gasteiger partial charge >= 0.3 is 0 Å². The molecule has 1 unspecified atom stereocenters. The third-order valence-corrected chi connectivity index (χ3v) is 4.41. The number of fused-ring (bicyclic) bond motifs is 1. The highest BCUT2D eigenvalue weighted by Gasteiger charge is 2.26. The minimum atomic E-state index is 0.000438. The van der Waals surface area contributed by atoms with E-state index >= 15 is 0 Å². The van der Waals surface area contributed by atoms with Crippen LogP contribution in [0.1, 0.15) is 36.1 Å². The van der Waals surface area contributed by atoms with E-state index in [0.29, 0.717) is 23.0 Å². The number of hydrogen-bond donors (Lipinski definition) is 1. The summed E-state index contributed by atoms with van der Waals surface area (Å²) in [5.41, 5.74) is 0.385. The molecule has 0 radical (unpaired) electrons. The van der Waals surface area contributed by atoms with Gasteiger partial charge < -0.3 is 10.1 Å². The lowest BCUT2D eigenvalue weighted by molar-refractivity contribution is 0.177. The molecule has 1 atom stereocenters. The molecule has 7 nitrogen and oxygen atoms in total. The Balaban J connectivity index is 1.86. The second kappa shape index (κ2) is 5.97. The van der Waals surface area contributed by atoms with Gasteiger partial charge in [-0.15, -0.1) is 0 Å². The van der Waals surface area contributed by atoms with Gasteiger partial charge in [0.1, 0.15) is 29.1 Å². The van der Waals surface area contributed by atoms with Crippen LogP contribution >= 0.6 is 23.1 Å². The van der Waals surface area contributed by atoms with Gasteiger partial charge in [0.2, 0.25) is 0 Å². The fourth-order valence-corrected chi connectivity index (χ4v) is 3.34. The van der Waals surface area contributed by atoms with Crippen molar-refractivity contribution in [3.8, 4) is 6.07 Å². The van der Waals surface area contributed by atoms with Crippen LogP contribution in [0.15, 0.2) is 0 Å². The number of aryl methyl sites for hydroxylation is 1. The van der Waals surface area contributed by atoms with Crippen molar-refractivity contribution in [2.75, 3.05) is 12.4 Å². The van der Waals surface area contributed by atoms with Gasteiger partial charge in [0.25, 0.3) is 0 Å². The molecule has 3 heterocycles. The molecule has 0 bridgehead atoms. The molecule has 0 spiro atoms. The average molecular weight is 325 g/mol. The average Bonchev–Trinajstić information content (AvgIpc) is 3.03. The number of nitrogens with one attached hydrogen (secondary N) is 1. The van der Waals surface area contributed by atoms with Crippen LogP contribution in [0.3, 0.4) is 0 Å². The summed E-state index contributed by atoms with van der Waals surface area (Å²) in [5, 5.41) is 17.8. The van der Waals surface area contributed by atoms with Gasteiger partial charge in [-0.25, -0.2) is 9.67 Å². The van der Waals surface area contributed by atoms with Crippen molar-refractivity contribution >= 4 is 28.1 Å². The van der Waals surface area contributed by atoms with E-state index in [1.54, 1.807) is 7.11 Å². The SMILES string of the molecule is COCc1nc2n(n1)CCCC2Nc1snc(Cl)c1C#N. The van der Waals surface area contributed by atoms with Crippen molar-refractivity contribution in [2.24, 2.45) is 0 Å². The quantitative estimate of drug-likeness (QED) is 0.928. The van der Waals surface area contributed by atoms with Gasteiger partial charge in [-0.2, -0.15) is 14.7 Å². The van der Waals surface area contributed by atoms with Crippen molar-refractivity contribution in [1.82, 2.24) is 19.1 Å². The molecule has 21 heavy (non-hydrogen) atoms. The van der Waals surface area contributed by atoms with E-state index in [1.165, 1.54) is 11.5 Å². The first kappa shape index (κ1) is 14.3. The molecule has 1 N–H and O–H groups in total. The Bertz CT molecular complexity index is 690. The molecular formula is C12H13ClN6OS. The van der Waals surface area contributed by atoms with Crippen LogP contribution in [-0.2, 0) is 17.9 Å². The van der Waals surface area contributed by atoms with E-state index in [4.69, 9.17) is 21.6 Å². The van der Waals surface area contributed by atoms with E-state index in [1.807, 2.05) is 4.68 Å². The standard InChI is InChI=1S/C12H13ClN6OS/c1-20-6-9-16-11-8(3-2-4-19(11)17-9)15-12-7(5-14)10(13)18-21-12/h8,15H,2-4,6H2,1H3. The van der Waals surface area contributed by atoms with Crippen molar-refractivity contribution in [3.63, 3.8) is 0 Å². The van der Waals surface area contributed by atoms with Crippen molar-refractivity contribution in [2.45, 2.75) is 32.0 Å². The number of nitrogens with zero attached hydrogens (tertiary/aromatic N) is 5. The molecular weight excluding hydrogens is 312 g/mol. The minimum Gasteiger partial charge on any atom is -0.377 e. The zero-order valence-electron chi connectivity index (χ0n) is 11.3. The first-order valence-electron chi connectivity index (χ1n) is 6.47. The molecule has 1 aliphatic heterocycles. The van der Waals surface area contributed by atoms with Gasteiger partial charge in [-0.1, -0.05) is 11.6 Å². The Labute approximate surface area is 130 Å². The zero-order chi connectivity index (χ0) is 14.8. The normalized spacial score (nSPS) is 17.3. The van der Waals surface area contributed by atoms with Gasteiger partial charge in [0, 0.05) is 13.7 Å². The summed E-state index contributed by atoms with van der Waals surface area (Å²) in [7, 11) is 1.62. The highest BCUT2D eigenvalue weighted by molar-refractivity contribution is 7.10. The van der Waals surface area contributed by atoms with Crippen LogP contribution in [0.2, 0.25) is 5.15 Å². The first-order chi connectivity index (χ1) is 10.2. The summed E-state index contributed by atoms with van der Waals surface area (Å²) >= 11 is 7.08. The lowest BCUT2D eigenvalue weighted by Gasteiger charge is -2.23. The second-order valence-corrected chi connectivity index (χ2v) is 5.80. The number of nitriles is 1. The second-order valence-electron chi connectivity index (χ2n) is 4.67. The summed E-state index contributed by atoms with van der Waals surface area (Å²) in [5.74, 6) is 1.53. The molecule has 0 amide bonds. The maximum atomic E-state index is 9.13. The van der Waals surface area contributed by atoms with Crippen LogP contribution in [0.25, 0.3) is 0 Å². The lowest BCUT2D eigenvalue weighted by Crippen LogP contribution is -2.22. The Morgan fingerprint density at radius 3 is 3.24 bits per heavy atom. The van der Waals surface area contributed by atoms with E-state index in [0.717, 1.165) is 25.2 Å². The Hall–Kier alpha value is -1.69. The number of aromatic nitrogens is 4. The van der Waals surface area contributed by atoms with Gasteiger partial charge in [0.05, 0.1) is 6.04 Å². The largest absolute Gasteiger partial charge is 0.377 e. The third-order valence-electron chi connectivity index (χ3n) is 3.26. The smallest absolute Gasteiger partial charge is 0.176 e. The Kier molecular flexibility index (Phi) is 4.05. The zero-order valence-corrected chi connectivity index (χ0v) is 12.9. The summed E-state index contributed by atoms with van der Waals surface area (Å²) in [6, 6.07) is 2.07. The van der Waals surface area contributed by atoms with E-state index in [-0.39, 0.29) is 11.2 Å². The predicted molar refractivity (Wildman–Crippen MR) is 78.2 cm³/mol. The topological polar surface area (TPSA) is 88.7 Å². The van der Waals surface area contributed by atoms with Gasteiger partial charge in [0.15, 0.2) is 11.0 Å². The number of anilines is 1. The number of methoxy groups -OCH3 is 1. The molecule has 0 saturated carbocycles. The van der Waals surface area contributed by atoms with Gasteiger partial charge in [-0.05, 0) is 24.4 Å². The summed E-state index contributed by atoms with van der Waals surface area (Å²) in [6.45, 7) is 1.24. The van der Waals surface area contributed by atoms with Crippen molar-refractivity contribution in [1.29, 1.82) is 5.26 Å². The molecule has 2 aromatic rings. The molecule has 0 fully saturated rings. The van der Waals surface area contributed by atoms with Crippen LogP contribution in [0, 0.1) is 11.3 Å².